The van der Waals surface area contributed by atoms with Gasteiger partial charge in [0.15, 0.2) is 0 Å². The van der Waals surface area contributed by atoms with Gasteiger partial charge in [0.25, 0.3) is 0 Å². The lowest BCUT2D eigenvalue weighted by Gasteiger charge is -2.38. The molecule has 1 aliphatic carbocycles. The molecule has 0 aromatic rings. The highest BCUT2D eigenvalue weighted by Crippen LogP contribution is 2.29. The molecule has 0 bridgehead atoms. The summed E-state index contributed by atoms with van der Waals surface area (Å²) in [5, 5.41) is 3.05. The van der Waals surface area contributed by atoms with E-state index in [2.05, 4.69) is 24.2 Å². The highest BCUT2D eigenvalue weighted by molar-refractivity contribution is 5.84. The van der Waals surface area contributed by atoms with Gasteiger partial charge < -0.3 is 16.0 Å². The number of hydrogen-bond acceptors (Lipinski definition) is 3. The van der Waals surface area contributed by atoms with Crippen molar-refractivity contribution >= 4 is 5.91 Å². The van der Waals surface area contributed by atoms with E-state index in [-0.39, 0.29) is 5.91 Å². The molecule has 1 unspecified atom stereocenters. The Kier molecular flexibility index (Phi) is 5.60. The first kappa shape index (κ1) is 15.4. The van der Waals surface area contributed by atoms with Crippen LogP contribution in [-0.2, 0) is 4.79 Å². The Morgan fingerprint density at radius 1 is 1.39 bits per heavy atom. The average molecular weight is 255 g/mol. The maximum Gasteiger partial charge on any atom is 0.238 e. The largest absolute Gasteiger partial charge is 0.368 e. The maximum atomic E-state index is 11.5. The lowest BCUT2D eigenvalue weighted by atomic mass is 9.83. The minimum Gasteiger partial charge on any atom is -0.368 e. The Morgan fingerprint density at radius 3 is 2.33 bits per heavy atom. The summed E-state index contributed by atoms with van der Waals surface area (Å²) in [6.07, 6.45) is 6.42. The van der Waals surface area contributed by atoms with Crippen molar-refractivity contribution in [3.63, 3.8) is 0 Å². The van der Waals surface area contributed by atoms with Gasteiger partial charge in [0.05, 0.1) is 0 Å². The van der Waals surface area contributed by atoms with Crippen LogP contribution in [0.2, 0.25) is 0 Å². The van der Waals surface area contributed by atoms with E-state index in [0.29, 0.717) is 12.6 Å². The van der Waals surface area contributed by atoms with Gasteiger partial charge >= 0.3 is 0 Å². The Bertz CT molecular complexity index is 274. The third-order valence-corrected chi connectivity index (χ3v) is 4.68. The van der Waals surface area contributed by atoms with Crippen LogP contribution in [0.3, 0.4) is 0 Å². The van der Waals surface area contributed by atoms with Gasteiger partial charge in [-0.2, -0.15) is 0 Å². The minimum absolute atomic E-state index is 0.279. The maximum absolute atomic E-state index is 11.5. The summed E-state index contributed by atoms with van der Waals surface area (Å²) in [4.78, 5) is 13.8. The smallest absolute Gasteiger partial charge is 0.238 e. The zero-order valence-corrected chi connectivity index (χ0v) is 12.3. The van der Waals surface area contributed by atoms with Gasteiger partial charge in [0.2, 0.25) is 5.91 Å². The van der Waals surface area contributed by atoms with Crippen molar-refractivity contribution in [2.45, 2.75) is 57.5 Å². The molecule has 1 rings (SSSR count). The fourth-order valence-corrected chi connectivity index (χ4v) is 2.90. The topological polar surface area (TPSA) is 58.4 Å². The highest BCUT2D eigenvalue weighted by atomic mass is 16.1. The Hall–Kier alpha value is -0.610. The van der Waals surface area contributed by atoms with Crippen LogP contribution in [0.25, 0.3) is 0 Å². The van der Waals surface area contributed by atoms with Crippen LogP contribution < -0.4 is 11.1 Å². The molecule has 0 spiro atoms. The van der Waals surface area contributed by atoms with E-state index >= 15 is 0 Å². The molecule has 0 aromatic heterocycles. The standard InChI is InChI=1S/C14H29N3O/c1-5-11-6-8-12(9-7-11)17(4)10-14(2,16-3)13(15)18/h11-12,16H,5-10H2,1-4H3,(H2,15,18). The predicted octanol–water partition coefficient (Wildman–Crippen LogP) is 1.35. The summed E-state index contributed by atoms with van der Waals surface area (Å²) in [5.74, 6) is 0.626. The van der Waals surface area contributed by atoms with E-state index in [4.69, 9.17) is 5.73 Å². The number of amides is 1. The lowest BCUT2D eigenvalue weighted by Crippen LogP contribution is -2.59. The summed E-state index contributed by atoms with van der Waals surface area (Å²) in [5.41, 5.74) is 4.85. The normalized spacial score (nSPS) is 28.1. The van der Waals surface area contributed by atoms with Gasteiger partial charge in [0, 0.05) is 12.6 Å². The Labute approximate surface area is 111 Å². The molecule has 106 valence electrons. The molecule has 0 aliphatic heterocycles. The zero-order valence-electron chi connectivity index (χ0n) is 12.3. The monoisotopic (exact) mass is 255 g/mol. The molecule has 0 heterocycles. The van der Waals surface area contributed by atoms with Crippen LogP contribution in [0, 0.1) is 5.92 Å². The van der Waals surface area contributed by atoms with Crippen molar-refractivity contribution in [3.8, 4) is 0 Å². The van der Waals surface area contributed by atoms with E-state index in [1.54, 1.807) is 7.05 Å². The van der Waals surface area contributed by atoms with Gasteiger partial charge in [-0.15, -0.1) is 0 Å². The molecular formula is C14H29N3O. The third kappa shape index (κ3) is 3.69. The zero-order chi connectivity index (χ0) is 13.8. The number of nitrogens with zero attached hydrogens (tertiary/aromatic N) is 1. The average Bonchev–Trinajstić information content (AvgIpc) is 2.38. The van der Waals surface area contributed by atoms with E-state index in [1.165, 1.54) is 32.1 Å². The first-order valence-corrected chi connectivity index (χ1v) is 7.12. The van der Waals surface area contributed by atoms with Crippen molar-refractivity contribution < 1.29 is 4.79 Å². The second-order valence-corrected chi connectivity index (χ2v) is 5.94. The fourth-order valence-electron chi connectivity index (χ4n) is 2.90. The van der Waals surface area contributed by atoms with Gasteiger partial charge in [-0.25, -0.2) is 0 Å². The Morgan fingerprint density at radius 2 is 1.94 bits per heavy atom. The summed E-state index contributed by atoms with van der Waals surface area (Å²) in [7, 11) is 3.90. The molecule has 1 atom stereocenters. The van der Waals surface area contributed by atoms with E-state index in [9.17, 15) is 4.79 Å². The molecule has 18 heavy (non-hydrogen) atoms. The summed E-state index contributed by atoms with van der Waals surface area (Å²) in [6, 6.07) is 0.597. The molecular weight excluding hydrogens is 226 g/mol. The van der Waals surface area contributed by atoms with Crippen LogP contribution in [0.15, 0.2) is 0 Å². The third-order valence-electron chi connectivity index (χ3n) is 4.68. The molecule has 0 radical (unpaired) electrons. The van der Waals surface area contributed by atoms with Crippen molar-refractivity contribution in [1.82, 2.24) is 10.2 Å². The van der Waals surface area contributed by atoms with Crippen LogP contribution in [0.1, 0.15) is 46.0 Å². The van der Waals surface area contributed by atoms with E-state index in [0.717, 1.165) is 5.92 Å². The second kappa shape index (κ2) is 6.53. The molecule has 1 aliphatic rings. The number of carbonyl (C=O) groups excluding carboxylic acids is 1. The molecule has 4 nitrogen and oxygen atoms in total. The van der Waals surface area contributed by atoms with Gasteiger partial charge in [-0.3, -0.25) is 4.79 Å². The summed E-state index contributed by atoms with van der Waals surface area (Å²) < 4.78 is 0. The van der Waals surface area contributed by atoms with Gasteiger partial charge in [0.1, 0.15) is 5.54 Å². The number of primary amides is 1. The van der Waals surface area contributed by atoms with Crippen molar-refractivity contribution in [2.24, 2.45) is 11.7 Å². The molecule has 1 saturated carbocycles. The molecule has 3 N–H and O–H groups in total. The van der Waals surface area contributed by atoms with Crippen molar-refractivity contribution in [2.75, 3.05) is 20.6 Å². The Balaban J connectivity index is 2.50. The number of rotatable bonds is 6. The van der Waals surface area contributed by atoms with E-state index in [1.807, 2.05) is 6.92 Å². The highest BCUT2D eigenvalue weighted by Gasteiger charge is 2.33. The minimum atomic E-state index is -0.629. The molecule has 0 aromatic carbocycles. The quantitative estimate of drug-likeness (QED) is 0.753. The number of carbonyl (C=O) groups is 1. The second-order valence-electron chi connectivity index (χ2n) is 5.94. The van der Waals surface area contributed by atoms with E-state index < -0.39 is 5.54 Å². The number of nitrogens with one attached hydrogen (secondary N) is 1. The predicted molar refractivity (Wildman–Crippen MR) is 75.3 cm³/mol. The molecule has 4 heteroatoms. The lowest BCUT2D eigenvalue weighted by molar-refractivity contribution is -0.124. The SMILES string of the molecule is CCC1CCC(N(C)CC(C)(NC)C(N)=O)CC1. The summed E-state index contributed by atoms with van der Waals surface area (Å²) >= 11 is 0. The van der Waals surface area contributed by atoms with Gasteiger partial charge in [-0.05, 0) is 52.6 Å². The van der Waals surface area contributed by atoms with Crippen molar-refractivity contribution in [1.29, 1.82) is 0 Å². The first-order valence-electron chi connectivity index (χ1n) is 7.12. The number of likely N-dealkylation sites (N-methyl/N-ethyl adjacent to an activating group) is 2. The fraction of sp³-hybridized carbons (Fsp3) is 0.929. The van der Waals surface area contributed by atoms with Crippen LogP contribution in [0.5, 0.6) is 0 Å². The summed E-state index contributed by atoms with van der Waals surface area (Å²) in [6.45, 7) is 4.84. The van der Waals surface area contributed by atoms with Crippen LogP contribution in [0.4, 0.5) is 0 Å². The first-order chi connectivity index (χ1) is 8.42. The molecule has 1 fully saturated rings. The number of nitrogens with two attached hydrogens (primary N) is 1. The van der Waals surface area contributed by atoms with Gasteiger partial charge in [-0.1, -0.05) is 13.3 Å². The molecule has 1 amide bonds. The molecule has 0 saturated heterocycles. The number of hydrogen-bond donors (Lipinski definition) is 2. The van der Waals surface area contributed by atoms with Crippen LogP contribution in [-0.4, -0.2) is 43.0 Å². The van der Waals surface area contributed by atoms with Crippen molar-refractivity contribution in [3.05, 3.63) is 0 Å². The van der Waals surface area contributed by atoms with Crippen LogP contribution >= 0.6 is 0 Å².